The molecule has 0 spiro atoms. The third-order valence-corrected chi connectivity index (χ3v) is 4.46. The van der Waals surface area contributed by atoms with E-state index in [0.29, 0.717) is 6.42 Å². The SMILES string of the molecule is CC1CCCCCN1C(=O)NC1CCCC1C(=O)O. The van der Waals surface area contributed by atoms with Crippen molar-refractivity contribution in [3.05, 3.63) is 0 Å². The fourth-order valence-electron chi connectivity index (χ4n) is 3.25. The number of likely N-dealkylation sites (tertiary alicyclic amines) is 1. The van der Waals surface area contributed by atoms with Crippen LogP contribution in [0.5, 0.6) is 0 Å². The molecule has 0 bridgehead atoms. The van der Waals surface area contributed by atoms with Crippen molar-refractivity contribution in [3.63, 3.8) is 0 Å². The first-order valence-electron chi connectivity index (χ1n) is 7.39. The predicted octanol–water partition coefficient (Wildman–Crippen LogP) is 2.21. The van der Waals surface area contributed by atoms with Gasteiger partial charge in [-0.3, -0.25) is 4.79 Å². The summed E-state index contributed by atoms with van der Waals surface area (Å²) in [6.07, 6.45) is 6.78. The zero-order chi connectivity index (χ0) is 13.8. The molecule has 0 aromatic rings. The lowest BCUT2D eigenvalue weighted by atomic mass is 10.0. The van der Waals surface area contributed by atoms with Gasteiger partial charge in [0.2, 0.25) is 0 Å². The van der Waals surface area contributed by atoms with Gasteiger partial charge in [0.15, 0.2) is 0 Å². The Balaban J connectivity index is 1.94. The van der Waals surface area contributed by atoms with Crippen LogP contribution in [0.1, 0.15) is 51.9 Å². The first kappa shape index (κ1) is 14.2. The number of hydrogen-bond acceptors (Lipinski definition) is 2. The Hall–Kier alpha value is -1.26. The van der Waals surface area contributed by atoms with Crippen LogP contribution >= 0.6 is 0 Å². The van der Waals surface area contributed by atoms with Crippen molar-refractivity contribution in [2.24, 2.45) is 5.92 Å². The molecule has 1 aliphatic carbocycles. The summed E-state index contributed by atoms with van der Waals surface area (Å²) in [7, 11) is 0. The molecule has 3 atom stereocenters. The van der Waals surface area contributed by atoms with Crippen LogP contribution in [-0.4, -0.2) is 40.6 Å². The Bertz CT molecular complexity index is 346. The van der Waals surface area contributed by atoms with Crippen molar-refractivity contribution in [3.8, 4) is 0 Å². The van der Waals surface area contributed by atoms with Crippen LogP contribution < -0.4 is 5.32 Å². The largest absolute Gasteiger partial charge is 0.481 e. The summed E-state index contributed by atoms with van der Waals surface area (Å²) in [6.45, 7) is 2.87. The zero-order valence-electron chi connectivity index (χ0n) is 11.6. The van der Waals surface area contributed by atoms with Crippen LogP contribution in [0.3, 0.4) is 0 Å². The highest BCUT2D eigenvalue weighted by Gasteiger charge is 2.35. The number of carboxylic acid groups (broad SMARTS) is 1. The van der Waals surface area contributed by atoms with E-state index in [2.05, 4.69) is 12.2 Å². The number of carboxylic acids is 1. The maximum Gasteiger partial charge on any atom is 0.317 e. The Morgan fingerprint density at radius 1 is 1.11 bits per heavy atom. The molecule has 108 valence electrons. The van der Waals surface area contributed by atoms with Gasteiger partial charge in [-0.25, -0.2) is 4.79 Å². The van der Waals surface area contributed by atoms with Crippen LogP contribution in [0.15, 0.2) is 0 Å². The van der Waals surface area contributed by atoms with Gasteiger partial charge in [0.1, 0.15) is 0 Å². The molecule has 0 radical (unpaired) electrons. The van der Waals surface area contributed by atoms with Gasteiger partial charge in [0.05, 0.1) is 5.92 Å². The van der Waals surface area contributed by atoms with E-state index in [0.717, 1.165) is 32.2 Å². The van der Waals surface area contributed by atoms with Gasteiger partial charge in [-0.2, -0.15) is 0 Å². The van der Waals surface area contributed by atoms with Gasteiger partial charge in [-0.15, -0.1) is 0 Å². The van der Waals surface area contributed by atoms with Crippen LogP contribution in [0.4, 0.5) is 4.79 Å². The number of carbonyl (C=O) groups is 2. The molecule has 1 heterocycles. The topological polar surface area (TPSA) is 69.6 Å². The highest BCUT2D eigenvalue weighted by atomic mass is 16.4. The number of hydrogen-bond donors (Lipinski definition) is 2. The molecule has 2 amide bonds. The standard InChI is InChI=1S/C14H24N2O3/c1-10-6-3-2-4-9-16(10)14(19)15-12-8-5-7-11(12)13(17)18/h10-12H,2-9H2,1H3,(H,15,19)(H,17,18). The molecule has 1 saturated heterocycles. The maximum atomic E-state index is 12.3. The quantitative estimate of drug-likeness (QED) is 0.806. The Morgan fingerprint density at radius 3 is 2.63 bits per heavy atom. The molecule has 2 N–H and O–H groups in total. The average Bonchev–Trinajstić information content (AvgIpc) is 2.70. The summed E-state index contributed by atoms with van der Waals surface area (Å²) in [5.74, 6) is -1.20. The maximum absolute atomic E-state index is 12.3. The lowest BCUT2D eigenvalue weighted by Crippen LogP contribution is -2.50. The van der Waals surface area contributed by atoms with Gasteiger partial charge in [0.25, 0.3) is 0 Å². The van der Waals surface area contributed by atoms with E-state index in [1.54, 1.807) is 0 Å². The lowest BCUT2D eigenvalue weighted by Gasteiger charge is -2.29. The smallest absolute Gasteiger partial charge is 0.317 e. The molecule has 5 nitrogen and oxygen atoms in total. The molecule has 5 heteroatoms. The van der Waals surface area contributed by atoms with Crippen molar-refractivity contribution in [2.75, 3.05) is 6.54 Å². The lowest BCUT2D eigenvalue weighted by molar-refractivity contribution is -0.142. The van der Waals surface area contributed by atoms with Crippen LogP contribution in [-0.2, 0) is 4.79 Å². The van der Waals surface area contributed by atoms with E-state index < -0.39 is 11.9 Å². The zero-order valence-corrected chi connectivity index (χ0v) is 11.6. The second-order valence-corrected chi connectivity index (χ2v) is 5.82. The number of rotatable bonds is 2. The third kappa shape index (κ3) is 3.39. The molecule has 1 saturated carbocycles. The van der Waals surface area contributed by atoms with Crippen LogP contribution in [0.25, 0.3) is 0 Å². The monoisotopic (exact) mass is 268 g/mol. The van der Waals surface area contributed by atoms with Crippen molar-refractivity contribution in [1.82, 2.24) is 10.2 Å². The highest BCUT2D eigenvalue weighted by Crippen LogP contribution is 2.26. The molecule has 2 aliphatic rings. The molecule has 1 aliphatic heterocycles. The van der Waals surface area contributed by atoms with Crippen molar-refractivity contribution < 1.29 is 14.7 Å². The second-order valence-electron chi connectivity index (χ2n) is 5.82. The predicted molar refractivity (Wildman–Crippen MR) is 71.9 cm³/mol. The number of nitrogens with one attached hydrogen (secondary N) is 1. The van der Waals surface area contributed by atoms with Gasteiger partial charge in [-0.1, -0.05) is 19.3 Å². The number of carbonyl (C=O) groups excluding carboxylic acids is 1. The molecular weight excluding hydrogens is 244 g/mol. The first-order chi connectivity index (χ1) is 9.09. The summed E-state index contributed by atoms with van der Waals surface area (Å²) in [4.78, 5) is 25.3. The van der Waals surface area contributed by atoms with Crippen molar-refractivity contribution in [2.45, 2.75) is 64.0 Å². The fourth-order valence-corrected chi connectivity index (χ4v) is 3.25. The third-order valence-electron chi connectivity index (χ3n) is 4.46. The molecule has 2 fully saturated rings. The van der Waals surface area contributed by atoms with Crippen LogP contribution in [0, 0.1) is 5.92 Å². The summed E-state index contributed by atoms with van der Waals surface area (Å²) >= 11 is 0. The number of urea groups is 1. The minimum absolute atomic E-state index is 0.0763. The summed E-state index contributed by atoms with van der Waals surface area (Å²) in [6, 6.07) is -0.0137. The number of nitrogens with zero attached hydrogens (tertiary/aromatic N) is 1. The minimum Gasteiger partial charge on any atom is -0.481 e. The Labute approximate surface area is 114 Å². The van der Waals surface area contributed by atoms with Gasteiger partial charge in [0, 0.05) is 18.6 Å². The minimum atomic E-state index is -0.785. The Kier molecular flexibility index (Phi) is 4.66. The van der Waals surface area contributed by atoms with Crippen LogP contribution in [0.2, 0.25) is 0 Å². The number of amides is 2. The molecule has 3 unspecified atom stereocenters. The summed E-state index contributed by atoms with van der Waals surface area (Å²) < 4.78 is 0. The van der Waals surface area contributed by atoms with E-state index in [9.17, 15) is 9.59 Å². The normalized spacial score (nSPS) is 31.8. The number of aliphatic carboxylic acids is 1. The van der Waals surface area contributed by atoms with Crippen molar-refractivity contribution >= 4 is 12.0 Å². The average molecular weight is 268 g/mol. The van der Waals surface area contributed by atoms with E-state index >= 15 is 0 Å². The second kappa shape index (κ2) is 6.26. The van der Waals surface area contributed by atoms with E-state index in [1.807, 2.05) is 4.90 Å². The molecule has 0 aromatic heterocycles. The van der Waals surface area contributed by atoms with Crippen molar-refractivity contribution in [1.29, 1.82) is 0 Å². The van der Waals surface area contributed by atoms with Gasteiger partial charge in [-0.05, 0) is 32.6 Å². The summed E-state index contributed by atoms with van der Waals surface area (Å²) in [5.41, 5.74) is 0. The molecule has 19 heavy (non-hydrogen) atoms. The van der Waals surface area contributed by atoms with E-state index in [1.165, 1.54) is 12.8 Å². The summed E-state index contributed by atoms with van der Waals surface area (Å²) in [5, 5.41) is 12.1. The fraction of sp³-hybridized carbons (Fsp3) is 0.857. The molecular formula is C14H24N2O3. The van der Waals surface area contributed by atoms with E-state index in [4.69, 9.17) is 5.11 Å². The van der Waals surface area contributed by atoms with E-state index in [-0.39, 0.29) is 18.1 Å². The van der Waals surface area contributed by atoms with Gasteiger partial charge >= 0.3 is 12.0 Å². The highest BCUT2D eigenvalue weighted by molar-refractivity contribution is 5.77. The molecule has 2 rings (SSSR count). The van der Waals surface area contributed by atoms with Gasteiger partial charge < -0.3 is 15.3 Å². The Morgan fingerprint density at radius 2 is 1.89 bits per heavy atom. The first-order valence-corrected chi connectivity index (χ1v) is 7.39. The molecule has 0 aromatic carbocycles.